The molecule has 3 heteroatoms. The Morgan fingerprint density at radius 2 is 2.36 bits per heavy atom. The molecule has 1 amide bonds. The molecular formula is C8H15NO2. The first-order valence-electron chi connectivity index (χ1n) is 3.76. The number of carbonyl (C=O) groups excluding carboxylic acids is 1. The van der Waals surface area contributed by atoms with Crippen LogP contribution in [0.3, 0.4) is 0 Å². The lowest BCUT2D eigenvalue weighted by molar-refractivity contribution is -0.110. The van der Waals surface area contributed by atoms with Gasteiger partial charge in [0.05, 0.1) is 12.6 Å². The van der Waals surface area contributed by atoms with Crippen molar-refractivity contribution in [1.29, 1.82) is 0 Å². The maximum Gasteiger partial charge on any atom is 0.207 e. The van der Waals surface area contributed by atoms with Gasteiger partial charge in [0.25, 0.3) is 0 Å². The SMILES string of the molecule is C/C=C/CC[C@@H](CO)NC=O. The summed E-state index contributed by atoms with van der Waals surface area (Å²) in [5, 5.41) is 11.2. The number of hydrogen-bond acceptors (Lipinski definition) is 2. The summed E-state index contributed by atoms with van der Waals surface area (Å²) in [4.78, 5) is 9.97. The number of rotatable bonds is 6. The van der Waals surface area contributed by atoms with Crippen LogP contribution in [0.1, 0.15) is 19.8 Å². The standard InChI is InChI=1S/C8H15NO2/c1-2-3-4-5-8(6-10)9-7-11/h2-3,7-8,10H,4-6H2,1H3,(H,9,11)/b3-2+/t8-/m0/s1. The zero-order valence-electron chi connectivity index (χ0n) is 6.79. The number of carbonyl (C=O) groups is 1. The third-order valence-corrected chi connectivity index (χ3v) is 1.44. The molecular weight excluding hydrogens is 142 g/mol. The Kier molecular flexibility index (Phi) is 6.73. The second-order valence-corrected chi connectivity index (χ2v) is 2.31. The van der Waals surface area contributed by atoms with Gasteiger partial charge in [0.2, 0.25) is 6.41 Å². The molecule has 0 aliphatic rings. The molecule has 0 unspecified atom stereocenters. The number of allylic oxidation sites excluding steroid dienone is 2. The molecule has 0 aliphatic heterocycles. The van der Waals surface area contributed by atoms with E-state index in [0.29, 0.717) is 6.41 Å². The van der Waals surface area contributed by atoms with E-state index in [1.807, 2.05) is 19.1 Å². The lowest BCUT2D eigenvalue weighted by Gasteiger charge is -2.10. The summed E-state index contributed by atoms with van der Waals surface area (Å²) in [6, 6.07) is -0.0938. The van der Waals surface area contributed by atoms with E-state index in [-0.39, 0.29) is 12.6 Å². The number of nitrogens with one attached hydrogen (secondary N) is 1. The van der Waals surface area contributed by atoms with Crippen molar-refractivity contribution in [2.45, 2.75) is 25.8 Å². The first-order chi connectivity index (χ1) is 5.35. The molecule has 64 valence electrons. The fourth-order valence-corrected chi connectivity index (χ4v) is 0.788. The van der Waals surface area contributed by atoms with Crippen LogP contribution >= 0.6 is 0 Å². The summed E-state index contributed by atoms with van der Waals surface area (Å²) in [5.41, 5.74) is 0. The van der Waals surface area contributed by atoms with Gasteiger partial charge in [-0.2, -0.15) is 0 Å². The van der Waals surface area contributed by atoms with Crippen LogP contribution in [0.5, 0.6) is 0 Å². The third kappa shape index (κ3) is 5.61. The Labute approximate surface area is 67.1 Å². The van der Waals surface area contributed by atoms with Crippen molar-refractivity contribution in [3.63, 3.8) is 0 Å². The van der Waals surface area contributed by atoms with Crippen LogP contribution < -0.4 is 5.32 Å². The minimum atomic E-state index is -0.0938. The predicted molar refractivity (Wildman–Crippen MR) is 44.1 cm³/mol. The molecule has 0 aliphatic carbocycles. The third-order valence-electron chi connectivity index (χ3n) is 1.44. The lowest BCUT2D eigenvalue weighted by atomic mass is 10.1. The highest BCUT2D eigenvalue weighted by molar-refractivity contribution is 5.46. The minimum Gasteiger partial charge on any atom is -0.394 e. The Bertz CT molecular complexity index is 123. The Balaban J connectivity index is 3.42. The molecule has 0 bridgehead atoms. The van der Waals surface area contributed by atoms with Crippen molar-refractivity contribution < 1.29 is 9.90 Å². The highest BCUT2D eigenvalue weighted by Crippen LogP contribution is 1.96. The fraction of sp³-hybridized carbons (Fsp3) is 0.625. The smallest absolute Gasteiger partial charge is 0.207 e. The first-order valence-corrected chi connectivity index (χ1v) is 3.76. The van der Waals surface area contributed by atoms with Gasteiger partial charge in [-0.15, -0.1) is 0 Å². The summed E-state index contributed by atoms with van der Waals surface area (Å²) < 4.78 is 0. The fourth-order valence-electron chi connectivity index (χ4n) is 0.788. The second-order valence-electron chi connectivity index (χ2n) is 2.31. The van der Waals surface area contributed by atoms with E-state index >= 15 is 0 Å². The number of hydrogen-bond donors (Lipinski definition) is 2. The Hall–Kier alpha value is -0.830. The molecule has 0 aromatic carbocycles. The number of aliphatic hydroxyl groups is 1. The summed E-state index contributed by atoms with van der Waals surface area (Å²) >= 11 is 0. The van der Waals surface area contributed by atoms with Crippen molar-refractivity contribution in [2.75, 3.05) is 6.61 Å². The molecule has 0 radical (unpaired) electrons. The van der Waals surface area contributed by atoms with E-state index < -0.39 is 0 Å². The van der Waals surface area contributed by atoms with Crippen LogP contribution in [-0.4, -0.2) is 24.2 Å². The van der Waals surface area contributed by atoms with Crippen LogP contribution in [0.2, 0.25) is 0 Å². The molecule has 0 aromatic rings. The van der Waals surface area contributed by atoms with E-state index in [1.54, 1.807) is 0 Å². The van der Waals surface area contributed by atoms with Gasteiger partial charge >= 0.3 is 0 Å². The lowest BCUT2D eigenvalue weighted by Crippen LogP contribution is -2.30. The topological polar surface area (TPSA) is 49.3 Å². The predicted octanol–water partition coefficient (Wildman–Crippen LogP) is 0.450. The Morgan fingerprint density at radius 1 is 1.64 bits per heavy atom. The number of amides is 1. The van der Waals surface area contributed by atoms with E-state index in [4.69, 9.17) is 5.11 Å². The Morgan fingerprint density at radius 3 is 2.82 bits per heavy atom. The van der Waals surface area contributed by atoms with Crippen LogP contribution in [-0.2, 0) is 4.79 Å². The summed E-state index contributed by atoms with van der Waals surface area (Å²) in [7, 11) is 0. The molecule has 11 heavy (non-hydrogen) atoms. The maximum atomic E-state index is 9.97. The molecule has 0 saturated heterocycles. The van der Waals surface area contributed by atoms with Crippen molar-refractivity contribution in [2.24, 2.45) is 0 Å². The molecule has 0 fully saturated rings. The number of aliphatic hydroxyl groups excluding tert-OH is 1. The van der Waals surface area contributed by atoms with Crippen LogP contribution in [0, 0.1) is 0 Å². The van der Waals surface area contributed by atoms with Gasteiger partial charge in [-0.1, -0.05) is 12.2 Å². The van der Waals surface area contributed by atoms with E-state index in [1.165, 1.54) is 0 Å². The quantitative estimate of drug-likeness (QED) is 0.434. The molecule has 0 aromatic heterocycles. The molecule has 0 saturated carbocycles. The van der Waals surface area contributed by atoms with Gasteiger partial charge in [0.15, 0.2) is 0 Å². The largest absolute Gasteiger partial charge is 0.394 e. The zero-order chi connectivity index (χ0) is 8.53. The molecule has 3 nitrogen and oxygen atoms in total. The highest BCUT2D eigenvalue weighted by atomic mass is 16.3. The molecule has 0 rings (SSSR count). The monoisotopic (exact) mass is 157 g/mol. The summed E-state index contributed by atoms with van der Waals surface area (Å²) in [6.45, 7) is 1.96. The average Bonchev–Trinajstić information content (AvgIpc) is 2.03. The van der Waals surface area contributed by atoms with Gasteiger partial charge in [0, 0.05) is 0 Å². The zero-order valence-corrected chi connectivity index (χ0v) is 6.79. The minimum absolute atomic E-state index is 0.0102. The molecule has 0 spiro atoms. The average molecular weight is 157 g/mol. The van der Waals surface area contributed by atoms with E-state index in [2.05, 4.69) is 5.32 Å². The van der Waals surface area contributed by atoms with Gasteiger partial charge < -0.3 is 10.4 Å². The van der Waals surface area contributed by atoms with Crippen LogP contribution in [0.4, 0.5) is 0 Å². The van der Waals surface area contributed by atoms with Crippen LogP contribution in [0.25, 0.3) is 0 Å². The summed E-state index contributed by atoms with van der Waals surface area (Å²) in [5.74, 6) is 0. The van der Waals surface area contributed by atoms with Gasteiger partial charge in [-0.25, -0.2) is 0 Å². The van der Waals surface area contributed by atoms with Gasteiger partial charge in [0.1, 0.15) is 0 Å². The van der Waals surface area contributed by atoms with Gasteiger partial charge in [-0.05, 0) is 19.8 Å². The van der Waals surface area contributed by atoms with E-state index in [0.717, 1.165) is 12.8 Å². The van der Waals surface area contributed by atoms with Crippen molar-refractivity contribution >= 4 is 6.41 Å². The summed E-state index contributed by atoms with van der Waals surface area (Å²) in [6.07, 6.45) is 6.27. The molecule has 0 heterocycles. The molecule has 1 atom stereocenters. The first kappa shape index (κ1) is 10.2. The normalized spacial score (nSPS) is 13.3. The van der Waals surface area contributed by atoms with Gasteiger partial charge in [-0.3, -0.25) is 4.79 Å². The van der Waals surface area contributed by atoms with Crippen molar-refractivity contribution in [3.8, 4) is 0 Å². The maximum absolute atomic E-state index is 9.97. The van der Waals surface area contributed by atoms with Crippen LogP contribution in [0.15, 0.2) is 12.2 Å². The second kappa shape index (κ2) is 7.28. The molecule has 2 N–H and O–H groups in total. The van der Waals surface area contributed by atoms with Crippen molar-refractivity contribution in [3.05, 3.63) is 12.2 Å². The highest BCUT2D eigenvalue weighted by Gasteiger charge is 2.02. The van der Waals surface area contributed by atoms with E-state index in [9.17, 15) is 4.79 Å². The van der Waals surface area contributed by atoms with Crippen molar-refractivity contribution in [1.82, 2.24) is 5.32 Å².